The Morgan fingerprint density at radius 1 is 0.786 bits per heavy atom. The molecule has 0 fully saturated rings. The number of halogens is 3. The van der Waals surface area contributed by atoms with Gasteiger partial charge in [0.25, 0.3) is 52.1 Å². The van der Waals surface area contributed by atoms with E-state index < -0.39 is 36.3 Å². The molecule has 0 spiro atoms. The average molecular weight is 1110 g/mol. The van der Waals surface area contributed by atoms with Gasteiger partial charge in [-0.25, -0.2) is 9.40 Å². The monoisotopic (exact) mass is 1110 g/mol. The number of nitrogens with one attached hydrogen (secondary N) is 3. The number of nitrogens with zero attached hydrogens (tertiary/aromatic N) is 12. The van der Waals surface area contributed by atoms with Crippen LogP contribution in [0.15, 0.2) is 30.7 Å². The van der Waals surface area contributed by atoms with E-state index in [1.165, 1.54) is 35.3 Å². The molecule has 1 atom stereocenters. The number of rotatable bonds is 22. The second-order valence-corrected chi connectivity index (χ2v) is 16.0. The molecule has 1 aromatic carbocycles. The van der Waals surface area contributed by atoms with Gasteiger partial charge in [0, 0.05) is 105 Å². The molecule has 3 heterocycles. The van der Waals surface area contributed by atoms with Crippen LogP contribution in [0.25, 0.3) is 0 Å². The van der Waals surface area contributed by atoms with E-state index in [1.54, 1.807) is 42.5 Å². The Labute approximate surface area is 367 Å². The normalized spacial score (nSPS) is 11.9. The van der Waals surface area contributed by atoms with Gasteiger partial charge in [-0.2, -0.15) is 0 Å². The number of carbonyl (C=O) groups is 3. The Hall–Kier alpha value is -3.19. The van der Waals surface area contributed by atoms with E-state index in [0.29, 0.717) is 17.1 Å². The van der Waals surface area contributed by atoms with Gasteiger partial charge in [-0.05, 0) is 12.1 Å². The molecule has 56 heavy (non-hydrogen) atoms. The lowest BCUT2D eigenvalue weighted by Crippen LogP contribution is -2.71. The van der Waals surface area contributed by atoms with Gasteiger partial charge in [-0.3, -0.25) is 31.9 Å². The van der Waals surface area contributed by atoms with Crippen molar-refractivity contribution < 1.29 is 28.6 Å². The number of hydrogen-bond acceptors (Lipinski definition) is 19. The van der Waals surface area contributed by atoms with Crippen molar-refractivity contribution in [2.24, 2.45) is 23.3 Å². The van der Waals surface area contributed by atoms with Crippen LogP contribution in [0, 0.1) is 0 Å². The van der Waals surface area contributed by atoms with Crippen LogP contribution >= 0.6 is 68.6 Å². The summed E-state index contributed by atoms with van der Waals surface area (Å²) < 4.78 is 27.0. The van der Waals surface area contributed by atoms with Crippen molar-refractivity contribution in [3.05, 3.63) is 53.4 Å². The van der Waals surface area contributed by atoms with E-state index in [1.807, 2.05) is 68.6 Å². The lowest BCUT2D eigenvalue weighted by molar-refractivity contribution is -0.121. The minimum Gasteiger partial charge on any atom is -0.483 e. The van der Waals surface area contributed by atoms with E-state index >= 15 is 0 Å². The van der Waals surface area contributed by atoms with Crippen molar-refractivity contribution in [2.75, 3.05) is 6.54 Å². The molecule has 1 unspecified atom stereocenters. The van der Waals surface area contributed by atoms with Crippen molar-refractivity contribution in [1.82, 2.24) is 70.0 Å². The number of aromatic nitrogens is 9. The molecule has 11 N–H and O–H groups in total. The second-order valence-electron chi connectivity index (χ2n) is 12.3. The Kier molecular flexibility index (Phi) is 17.5. The lowest BCUT2D eigenvalue weighted by Gasteiger charge is -2.36. The Balaban J connectivity index is 1.56. The number of nitrogens with two attached hydrogens (primary N) is 4. The zero-order chi connectivity index (χ0) is 41.0. The second kappa shape index (κ2) is 21.5. The number of carbonyl (C=O) groups excluding carboxylic acids is 3. The van der Waals surface area contributed by atoms with Crippen molar-refractivity contribution in [3.8, 4) is 17.2 Å². The summed E-state index contributed by atoms with van der Waals surface area (Å²) in [6, 6.07) is 1.58. The number of benzene rings is 1. The average Bonchev–Trinajstić information content (AvgIpc) is 3.86. The molecule has 0 bridgehead atoms. The Bertz CT molecular complexity index is 1850. The molecule has 0 aliphatic heterocycles. The summed E-state index contributed by atoms with van der Waals surface area (Å²) in [6.07, 6.45) is 5.00. The minimum absolute atomic E-state index is 0.0225. The highest BCUT2D eigenvalue weighted by Gasteiger charge is 2.40. The third-order valence-electron chi connectivity index (χ3n) is 7.40. The fourth-order valence-corrected chi connectivity index (χ4v) is 7.10. The van der Waals surface area contributed by atoms with Gasteiger partial charge in [0.05, 0.1) is 0 Å². The van der Waals surface area contributed by atoms with Gasteiger partial charge in [0.2, 0.25) is 11.7 Å². The first kappa shape index (κ1) is 45.5. The van der Waals surface area contributed by atoms with Crippen LogP contribution < -0.4 is 53.3 Å². The first-order valence-corrected chi connectivity index (χ1v) is 19.2. The van der Waals surface area contributed by atoms with Gasteiger partial charge in [-0.15, -0.1) is 15.3 Å². The van der Waals surface area contributed by atoms with Crippen molar-refractivity contribution in [3.63, 3.8) is 0 Å². The maximum Gasteiger partial charge on any atom is 0.343 e. The fourth-order valence-electron chi connectivity index (χ4n) is 5.14. The predicted molar refractivity (Wildman–Crippen MR) is 240 cm³/mol. The van der Waals surface area contributed by atoms with Crippen molar-refractivity contribution in [1.29, 1.82) is 0 Å². The number of hydrogen-bond donors (Lipinski definition) is 7. The third-order valence-corrected chi connectivity index (χ3v) is 8.42. The molecule has 4 rings (SSSR count). The maximum absolute atomic E-state index is 13.8. The van der Waals surface area contributed by atoms with Crippen LogP contribution in [0.2, 0.25) is 0 Å². The van der Waals surface area contributed by atoms with Gasteiger partial charge >= 0.3 is 7.41 Å². The highest BCUT2D eigenvalue weighted by molar-refractivity contribution is 14.1. The Morgan fingerprint density at radius 2 is 1.21 bits per heavy atom. The molecule has 0 saturated carbocycles. The fraction of sp³-hybridized carbons (Fsp3) is 0.286. The van der Waals surface area contributed by atoms with E-state index in [9.17, 15) is 14.4 Å². The maximum atomic E-state index is 13.8. The van der Waals surface area contributed by atoms with Gasteiger partial charge in [-0.1, -0.05) is 15.6 Å². The van der Waals surface area contributed by atoms with Crippen LogP contribution in [-0.2, 0) is 24.6 Å². The molecular formula is C21H35B7I3N19O6. The predicted octanol–water partition coefficient (Wildman–Crippen LogP) is -8.14. The van der Waals surface area contributed by atoms with Gasteiger partial charge in [0.15, 0.2) is 17.3 Å². The SMILES string of the molecule is Bn1cc(COc2cc(C(=O)NC(CN)C(=O)NBC(=O)NC(BN(N)I)(BN(N)I)BN(N)I)cc(OCc3cn(B)nn3)c2OCc2cn(B)nn2)nn1. The summed E-state index contributed by atoms with van der Waals surface area (Å²) in [6.45, 7) is -0.436. The third kappa shape index (κ3) is 14.3. The molecule has 0 aliphatic rings. The standard InChI is InChI=1S/C21H35B7I3N19O6/c22-45-4-11(39-42-45)7-54-15-1-10(2-16(55-8-12-5-46(23)43-40-12)17(15)56-9-13-6-47(24)44-41-13)18(51)36-14(3-32)19(52)38-25-20(53)37-21(26-48(29)33,27-49(30)34)28-50(31)35/h1-2,4-6,14,25-28H,3,7-9,22-24,32-35H2,(H,36,51)(H,37,53)(H,38,52). The van der Waals surface area contributed by atoms with Crippen LogP contribution in [0.3, 0.4) is 0 Å². The van der Waals surface area contributed by atoms with Gasteiger partial charge < -0.3 is 49.6 Å². The number of hydrazine groups is 3. The molecule has 25 nitrogen and oxygen atoms in total. The quantitative estimate of drug-likeness (QED) is 0.0126. The van der Waals surface area contributed by atoms with E-state index in [2.05, 4.69) is 46.8 Å². The number of ether oxygens (including phenoxy) is 3. The summed E-state index contributed by atoms with van der Waals surface area (Å²) in [5.41, 5.74) is 7.44. The minimum atomic E-state index is -1.25. The molecule has 35 heteroatoms. The van der Waals surface area contributed by atoms with E-state index in [-0.39, 0.29) is 71.4 Å². The molecular weight excluding hydrogens is 1070 g/mol. The molecule has 0 saturated heterocycles. The highest BCUT2D eigenvalue weighted by Crippen LogP contribution is 2.40. The highest BCUT2D eigenvalue weighted by atomic mass is 127. The molecule has 4 aromatic rings. The van der Waals surface area contributed by atoms with Crippen molar-refractivity contribution >= 4 is 140 Å². The van der Waals surface area contributed by atoms with Gasteiger partial charge in [0.1, 0.15) is 42.9 Å². The molecule has 3 amide bonds. The zero-order valence-corrected chi connectivity index (χ0v) is 36.9. The van der Waals surface area contributed by atoms with Crippen LogP contribution in [-0.4, -0.2) is 143 Å². The first-order valence-electron chi connectivity index (χ1n) is 16.3. The molecule has 292 valence electrons. The molecule has 0 radical (unpaired) electrons. The van der Waals surface area contributed by atoms with Crippen LogP contribution in [0.5, 0.6) is 17.2 Å². The molecule has 3 aromatic heterocycles. The number of amides is 3. The summed E-state index contributed by atoms with van der Waals surface area (Å²) in [4.78, 5) is 40.2. The molecule has 0 aliphatic carbocycles. The first-order chi connectivity index (χ1) is 26.5. The summed E-state index contributed by atoms with van der Waals surface area (Å²) >= 11 is 5.61. The van der Waals surface area contributed by atoms with Crippen LogP contribution in [0.1, 0.15) is 27.4 Å². The van der Waals surface area contributed by atoms with E-state index in [4.69, 9.17) is 37.5 Å². The lowest BCUT2D eigenvalue weighted by atomic mass is 9.35. The summed E-state index contributed by atoms with van der Waals surface area (Å²) in [5.74, 6) is 16.1. The summed E-state index contributed by atoms with van der Waals surface area (Å²) in [5, 5.41) is 31.0. The largest absolute Gasteiger partial charge is 0.483 e. The Morgan fingerprint density at radius 3 is 1.59 bits per heavy atom. The van der Waals surface area contributed by atoms with Crippen LogP contribution in [0.4, 0.5) is 4.79 Å². The topological polar surface area (TPSA) is 321 Å². The zero-order valence-electron chi connectivity index (χ0n) is 30.4. The van der Waals surface area contributed by atoms with E-state index in [0.717, 1.165) is 0 Å². The smallest absolute Gasteiger partial charge is 0.343 e. The van der Waals surface area contributed by atoms with Crippen molar-refractivity contribution in [2.45, 2.75) is 31.1 Å². The summed E-state index contributed by atoms with van der Waals surface area (Å²) in [7, 11) is 5.13.